The van der Waals surface area contributed by atoms with Crippen LogP contribution in [-0.2, 0) is 14.3 Å². The van der Waals surface area contributed by atoms with Crippen LogP contribution in [0.15, 0.2) is 11.1 Å². The largest absolute Gasteiger partial charge is 0.347 e. The molecule has 3 heteroatoms. The summed E-state index contributed by atoms with van der Waals surface area (Å²) < 4.78 is 12.0. The van der Waals surface area contributed by atoms with Gasteiger partial charge in [-0.15, -0.1) is 0 Å². The third-order valence-electron chi connectivity index (χ3n) is 8.24. The lowest BCUT2D eigenvalue weighted by molar-refractivity contribution is -0.166. The molecule has 5 unspecified atom stereocenters. The Kier molecular flexibility index (Phi) is 3.35. The van der Waals surface area contributed by atoms with Crippen LogP contribution in [0.2, 0.25) is 0 Å². The van der Waals surface area contributed by atoms with Gasteiger partial charge in [0.1, 0.15) is 5.78 Å². The number of carbonyl (C=O) groups excluding carboxylic acids is 1. The SMILES string of the molecule is CC1CC2=C(CCC3(C2)OCCO3)C2CCC3(C)C(=O)CCC3C12. The number of ketones is 1. The highest BCUT2D eigenvalue weighted by atomic mass is 16.7. The number of hydrogen-bond acceptors (Lipinski definition) is 3. The number of Topliss-reactive ketones (excluding diaryl/α,β-unsaturated/α-hetero) is 1. The average Bonchev–Trinajstić information content (AvgIpc) is 3.12. The van der Waals surface area contributed by atoms with Gasteiger partial charge in [0.05, 0.1) is 13.2 Å². The van der Waals surface area contributed by atoms with Gasteiger partial charge in [-0.05, 0) is 55.8 Å². The molecule has 1 heterocycles. The van der Waals surface area contributed by atoms with Crippen LogP contribution in [-0.4, -0.2) is 24.8 Å². The van der Waals surface area contributed by atoms with Gasteiger partial charge in [0.25, 0.3) is 0 Å². The van der Waals surface area contributed by atoms with Crippen molar-refractivity contribution in [3.05, 3.63) is 11.1 Å². The molecule has 0 aromatic carbocycles. The Labute approximate surface area is 145 Å². The fraction of sp³-hybridized carbons (Fsp3) is 0.857. The molecule has 3 nitrogen and oxygen atoms in total. The third kappa shape index (κ3) is 2.00. The van der Waals surface area contributed by atoms with E-state index in [0.29, 0.717) is 17.6 Å². The molecule has 0 amide bonds. The molecule has 5 atom stereocenters. The van der Waals surface area contributed by atoms with E-state index >= 15 is 0 Å². The fourth-order valence-corrected chi connectivity index (χ4v) is 7.12. The predicted molar refractivity (Wildman–Crippen MR) is 91.3 cm³/mol. The molecule has 2 saturated carbocycles. The van der Waals surface area contributed by atoms with Crippen molar-refractivity contribution >= 4 is 5.78 Å². The predicted octanol–water partition coefficient (Wildman–Crippen LogP) is 4.26. The summed E-state index contributed by atoms with van der Waals surface area (Å²) in [6, 6.07) is 0. The van der Waals surface area contributed by atoms with Crippen molar-refractivity contribution in [3.63, 3.8) is 0 Å². The van der Waals surface area contributed by atoms with E-state index in [4.69, 9.17) is 9.47 Å². The first-order valence-electron chi connectivity index (χ1n) is 10.0. The first kappa shape index (κ1) is 15.6. The first-order chi connectivity index (χ1) is 11.5. The Hall–Kier alpha value is -0.670. The van der Waals surface area contributed by atoms with E-state index in [9.17, 15) is 4.79 Å². The lowest BCUT2D eigenvalue weighted by atomic mass is 9.51. The van der Waals surface area contributed by atoms with Gasteiger partial charge in [0.2, 0.25) is 0 Å². The van der Waals surface area contributed by atoms with Crippen molar-refractivity contribution in [2.45, 2.75) is 71.0 Å². The minimum absolute atomic E-state index is 0.0128. The van der Waals surface area contributed by atoms with E-state index < -0.39 is 0 Å². The summed E-state index contributed by atoms with van der Waals surface area (Å²) in [6.07, 6.45) is 8.68. The molecule has 1 spiro atoms. The monoisotopic (exact) mass is 330 g/mol. The van der Waals surface area contributed by atoms with Gasteiger partial charge in [-0.2, -0.15) is 0 Å². The number of ether oxygens (including phenoxy) is 2. The van der Waals surface area contributed by atoms with Gasteiger partial charge < -0.3 is 9.47 Å². The van der Waals surface area contributed by atoms with E-state index in [-0.39, 0.29) is 11.2 Å². The second-order valence-electron chi connectivity index (χ2n) is 9.30. The van der Waals surface area contributed by atoms with E-state index in [1.807, 2.05) is 0 Å². The zero-order valence-corrected chi connectivity index (χ0v) is 15.1. The summed E-state index contributed by atoms with van der Waals surface area (Å²) in [7, 11) is 0. The van der Waals surface area contributed by atoms with Crippen molar-refractivity contribution in [2.75, 3.05) is 13.2 Å². The molecule has 4 aliphatic carbocycles. The van der Waals surface area contributed by atoms with Crippen molar-refractivity contribution in [1.29, 1.82) is 0 Å². The van der Waals surface area contributed by atoms with Crippen molar-refractivity contribution in [1.82, 2.24) is 0 Å². The topological polar surface area (TPSA) is 35.5 Å². The number of fused-ring (bicyclic) bond motifs is 4. The minimum atomic E-state index is -0.294. The quantitative estimate of drug-likeness (QED) is 0.623. The van der Waals surface area contributed by atoms with Crippen LogP contribution in [0.25, 0.3) is 0 Å². The lowest BCUT2D eigenvalue weighted by Gasteiger charge is -2.53. The fourth-order valence-electron chi connectivity index (χ4n) is 7.12. The maximum atomic E-state index is 12.5. The molecule has 0 N–H and O–H groups in total. The first-order valence-corrected chi connectivity index (χ1v) is 10.0. The van der Waals surface area contributed by atoms with Crippen LogP contribution in [0.5, 0.6) is 0 Å². The summed E-state index contributed by atoms with van der Waals surface area (Å²) >= 11 is 0. The summed E-state index contributed by atoms with van der Waals surface area (Å²) in [6.45, 7) is 6.23. The zero-order valence-electron chi connectivity index (χ0n) is 15.1. The summed E-state index contributed by atoms with van der Waals surface area (Å²) in [4.78, 5) is 12.5. The molecular formula is C21H30O3. The maximum Gasteiger partial charge on any atom is 0.172 e. The Morgan fingerprint density at radius 3 is 2.67 bits per heavy atom. The van der Waals surface area contributed by atoms with Crippen molar-refractivity contribution < 1.29 is 14.3 Å². The second-order valence-corrected chi connectivity index (χ2v) is 9.30. The molecule has 0 bridgehead atoms. The molecule has 24 heavy (non-hydrogen) atoms. The molecule has 1 aliphatic heterocycles. The summed E-state index contributed by atoms with van der Waals surface area (Å²) in [5.74, 6) is 3.04. The molecule has 5 aliphatic rings. The highest BCUT2D eigenvalue weighted by Crippen LogP contribution is 2.62. The highest BCUT2D eigenvalue weighted by molar-refractivity contribution is 5.87. The van der Waals surface area contributed by atoms with Crippen LogP contribution >= 0.6 is 0 Å². The number of carbonyl (C=O) groups is 1. The van der Waals surface area contributed by atoms with Gasteiger partial charge in [-0.25, -0.2) is 0 Å². The standard InChI is InChI=1S/C21H30O3/c1-13-11-14-12-21(23-9-10-24-21)8-6-15(14)16-5-7-20(2)17(19(13)16)3-4-18(20)22/h13,16-17,19H,3-12H2,1-2H3. The summed E-state index contributed by atoms with van der Waals surface area (Å²) in [5, 5.41) is 0. The van der Waals surface area contributed by atoms with Crippen LogP contribution in [0.4, 0.5) is 0 Å². The number of rotatable bonds is 0. The molecule has 132 valence electrons. The lowest BCUT2D eigenvalue weighted by Crippen LogP contribution is -2.48. The molecule has 0 aromatic rings. The molecule has 0 radical (unpaired) electrons. The molecule has 3 fully saturated rings. The van der Waals surface area contributed by atoms with E-state index in [1.165, 1.54) is 12.8 Å². The number of hydrogen-bond donors (Lipinski definition) is 0. The van der Waals surface area contributed by atoms with Crippen LogP contribution < -0.4 is 0 Å². The van der Waals surface area contributed by atoms with Gasteiger partial charge >= 0.3 is 0 Å². The Bertz CT molecular complexity index is 600. The van der Waals surface area contributed by atoms with E-state index in [2.05, 4.69) is 13.8 Å². The second kappa shape index (κ2) is 5.17. The van der Waals surface area contributed by atoms with E-state index in [0.717, 1.165) is 63.6 Å². The third-order valence-corrected chi connectivity index (χ3v) is 8.24. The van der Waals surface area contributed by atoms with Gasteiger partial charge in [0.15, 0.2) is 5.79 Å². The molecule has 5 rings (SSSR count). The zero-order chi connectivity index (χ0) is 16.5. The Morgan fingerprint density at radius 2 is 1.88 bits per heavy atom. The number of allylic oxidation sites excluding steroid dienone is 1. The Morgan fingerprint density at radius 1 is 1.08 bits per heavy atom. The normalized spacial score (nSPS) is 46.8. The molecule has 0 aromatic heterocycles. The minimum Gasteiger partial charge on any atom is -0.347 e. The van der Waals surface area contributed by atoms with Crippen molar-refractivity contribution in [3.8, 4) is 0 Å². The van der Waals surface area contributed by atoms with Gasteiger partial charge in [-0.1, -0.05) is 25.0 Å². The molecule has 1 saturated heterocycles. The van der Waals surface area contributed by atoms with Crippen LogP contribution in [0, 0.1) is 29.1 Å². The summed E-state index contributed by atoms with van der Waals surface area (Å²) in [5.41, 5.74) is 3.37. The van der Waals surface area contributed by atoms with Crippen LogP contribution in [0.1, 0.15) is 65.2 Å². The van der Waals surface area contributed by atoms with E-state index in [1.54, 1.807) is 11.1 Å². The molecular weight excluding hydrogens is 300 g/mol. The van der Waals surface area contributed by atoms with Crippen LogP contribution in [0.3, 0.4) is 0 Å². The van der Waals surface area contributed by atoms with Gasteiger partial charge in [-0.3, -0.25) is 4.79 Å². The van der Waals surface area contributed by atoms with Crippen molar-refractivity contribution in [2.24, 2.45) is 29.1 Å². The van der Waals surface area contributed by atoms with Gasteiger partial charge in [0, 0.05) is 24.7 Å². The average molecular weight is 330 g/mol. The highest BCUT2D eigenvalue weighted by Gasteiger charge is 2.57. The smallest absolute Gasteiger partial charge is 0.172 e. The maximum absolute atomic E-state index is 12.5. The Balaban J connectivity index is 1.47.